The van der Waals surface area contributed by atoms with Gasteiger partial charge in [0.15, 0.2) is 0 Å². The van der Waals surface area contributed by atoms with Crippen LogP contribution in [0.4, 0.5) is 30.7 Å². The summed E-state index contributed by atoms with van der Waals surface area (Å²) in [4.78, 5) is 0. The van der Waals surface area contributed by atoms with Crippen LogP contribution in [0.2, 0.25) is 0 Å². The second kappa shape index (κ2) is 4.54. The molecule has 0 aromatic heterocycles. The van der Waals surface area contributed by atoms with E-state index >= 15 is 0 Å². The van der Waals surface area contributed by atoms with Gasteiger partial charge in [-0.05, 0) is 6.92 Å². The zero-order valence-electron chi connectivity index (χ0n) is 8.62. The molecule has 0 aliphatic carbocycles. The van der Waals surface area contributed by atoms with Crippen LogP contribution in [0, 0.1) is 12.7 Å². The van der Waals surface area contributed by atoms with Gasteiger partial charge in [0.25, 0.3) is 0 Å². The van der Waals surface area contributed by atoms with Crippen molar-refractivity contribution in [2.45, 2.75) is 19.6 Å². The van der Waals surface area contributed by atoms with E-state index in [1.54, 1.807) is 0 Å². The molecule has 18 heavy (non-hydrogen) atoms. The Hall–Kier alpha value is -1.67. The fourth-order valence-corrected chi connectivity index (χ4v) is 1.09. The Labute approximate surface area is 95.9 Å². The first kappa shape index (κ1) is 14.4. The molecule has 0 saturated carbocycles. The molecule has 0 spiro atoms. The molecule has 1 aromatic carbocycles. The van der Waals surface area contributed by atoms with Crippen LogP contribution in [-0.4, -0.2) is 12.7 Å². The van der Waals surface area contributed by atoms with Crippen LogP contribution in [-0.2, 0) is 0 Å². The van der Waals surface area contributed by atoms with E-state index in [0.717, 1.165) is 6.92 Å². The topological polar surface area (TPSA) is 18.5 Å². The van der Waals surface area contributed by atoms with Crippen molar-refractivity contribution in [2.75, 3.05) is 0 Å². The van der Waals surface area contributed by atoms with Crippen LogP contribution in [0.25, 0.3) is 0 Å². The van der Waals surface area contributed by atoms with Gasteiger partial charge >= 0.3 is 12.7 Å². The quantitative estimate of drug-likeness (QED) is 0.763. The molecule has 1 rings (SSSR count). The van der Waals surface area contributed by atoms with Crippen molar-refractivity contribution < 1.29 is 40.2 Å². The Kier molecular flexibility index (Phi) is 3.63. The molecule has 0 heterocycles. The number of rotatable bonds is 2. The predicted molar refractivity (Wildman–Crippen MR) is 44.5 cm³/mol. The average molecular weight is 278 g/mol. The highest BCUT2D eigenvalue weighted by molar-refractivity contribution is 5.44. The van der Waals surface area contributed by atoms with Gasteiger partial charge in [0, 0.05) is 17.7 Å². The van der Waals surface area contributed by atoms with Gasteiger partial charge in [-0.2, -0.15) is 0 Å². The van der Waals surface area contributed by atoms with E-state index in [0.29, 0.717) is 12.1 Å². The van der Waals surface area contributed by atoms with E-state index in [4.69, 9.17) is 0 Å². The number of alkyl halides is 6. The Morgan fingerprint density at radius 3 is 1.44 bits per heavy atom. The van der Waals surface area contributed by atoms with E-state index < -0.39 is 35.6 Å². The lowest BCUT2D eigenvalue weighted by atomic mass is 10.2. The summed E-state index contributed by atoms with van der Waals surface area (Å²) in [6, 6.07) is 0.623. The molecule has 0 bridgehead atoms. The van der Waals surface area contributed by atoms with Gasteiger partial charge in [-0.3, -0.25) is 0 Å². The van der Waals surface area contributed by atoms with Crippen molar-refractivity contribution in [3.05, 3.63) is 23.5 Å². The molecule has 0 aliphatic rings. The van der Waals surface area contributed by atoms with Gasteiger partial charge < -0.3 is 9.47 Å². The third kappa shape index (κ3) is 4.30. The number of benzene rings is 1. The van der Waals surface area contributed by atoms with Crippen molar-refractivity contribution in [3.63, 3.8) is 0 Å². The zero-order chi connectivity index (χ0) is 14.1. The summed E-state index contributed by atoms with van der Waals surface area (Å²) >= 11 is 0. The lowest BCUT2D eigenvalue weighted by Gasteiger charge is -2.16. The maximum absolute atomic E-state index is 12.9. The highest BCUT2D eigenvalue weighted by Crippen LogP contribution is 2.35. The van der Waals surface area contributed by atoms with E-state index in [2.05, 4.69) is 9.47 Å². The summed E-state index contributed by atoms with van der Waals surface area (Å²) in [6.07, 6.45) is -10.3. The average Bonchev–Trinajstić information content (AvgIpc) is 2.07. The van der Waals surface area contributed by atoms with Crippen LogP contribution >= 0.6 is 0 Å². The molecule has 0 amide bonds. The van der Waals surface area contributed by atoms with Crippen molar-refractivity contribution in [3.8, 4) is 11.5 Å². The Morgan fingerprint density at radius 1 is 0.833 bits per heavy atom. The van der Waals surface area contributed by atoms with Crippen LogP contribution in [0.5, 0.6) is 11.5 Å². The first-order chi connectivity index (χ1) is 7.98. The second-order valence-corrected chi connectivity index (χ2v) is 3.12. The maximum atomic E-state index is 12.9. The standard InChI is InChI=1S/C9H5F7O2/c1-4-6(17-8(11,12)13)2-5(10)3-7(4)18-9(14,15)16/h2-3H,1H3. The monoisotopic (exact) mass is 278 g/mol. The van der Waals surface area contributed by atoms with Gasteiger partial charge in [0.2, 0.25) is 0 Å². The molecule has 102 valence electrons. The van der Waals surface area contributed by atoms with E-state index in [-0.39, 0.29) is 0 Å². The fourth-order valence-electron chi connectivity index (χ4n) is 1.09. The Morgan fingerprint density at radius 2 is 1.17 bits per heavy atom. The zero-order valence-corrected chi connectivity index (χ0v) is 8.62. The third-order valence-corrected chi connectivity index (χ3v) is 1.73. The second-order valence-electron chi connectivity index (χ2n) is 3.12. The van der Waals surface area contributed by atoms with E-state index in [9.17, 15) is 30.7 Å². The summed E-state index contributed by atoms with van der Waals surface area (Å²) in [5.74, 6) is -3.54. The highest BCUT2D eigenvalue weighted by Gasteiger charge is 2.35. The highest BCUT2D eigenvalue weighted by atomic mass is 19.4. The molecular formula is C9H5F7O2. The SMILES string of the molecule is Cc1c(OC(F)(F)F)cc(F)cc1OC(F)(F)F. The molecule has 0 unspecified atom stereocenters. The minimum Gasteiger partial charge on any atom is -0.405 e. The van der Waals surface area contributed by atoms with Gasteiger partial charge in [-0.25, -0.2) is 4.39 Å². The lowest BCUT2D eigenvalue weighted by Crippen LogP contribution is -2.20. The molecular weight excluding hydrogens is 273 g/mol. The van der Waals surface area contributed by atoms with Crippen molar-refractivity contribution in [2.24, 2.45) is 0 Å². The van der Waals surface area contributed by atoms with Gasteiger partial charge in [0.1, 0.15) is 17.3 Å². The summed E-state index contributed by atoms with van der Waals surface area (Å²) < 4.78 is 91.1. The summed E-state index contributed by atoms with van der Waals surface area (Å²) in [6.45, 7) is 0.877. The summed E-state index contributed by atoms with van der Waals surface area (Å²) in [5, 5.41) is 0. The minimum absolute atomic E-state index is 0.312. The maximum Gasteiger partial charge on any atom is 0.573 e. The molecule has 0 radical (unpaired) electrons. The van der Waals surface area contributed by atoms with Crippen molar-refractivity contribution in [1.82, 2.24) is 0 Å². The van der Waals surface area contributed by atoms with Crippen LogP contribution in [0.3, 0.4) is 0 Å². The Bertz CT molecular complexity index is 399. The molecule has 0 fully saturated rings. The first-order valence-corrected chi connectivity index (χ1v) is 4.29. The molecule has 9 heteroatoms. The molecule has 0 saturated heterocycles. The van der Waals surface area contributed by atoms with Gasteiger partial charge in [-0.1, -0.05) is 0 Å². The normalized spacial score (nSPS) is 12.4. The predicted octanol–water partition coefficient (Wildman–Crippen LogP) is 3.93. The molecule has 1 aromatic rings. The fraction of sp³-hybridized carbons (Fsp3) is 0.333. The van der Waals surface area contributed by atoms with Gasteiger partial charge in [0.05, 0.1) is 0 Å². The van der Waals surface area contributed by atoms with Crippen molar-refractivity contribution >= 4 is 0 Å². The minimum atomic E-state index is -5.14. The smallest absolute Gasteiger partial charge is 0.405 e. The number of halogens is 7. The summed E-state index contributed by atoms with van der Waals surface area (Å²) in [7, 11) is 0. The van der Waals surface area contributed by atoms with E-state index in [1.165, 1.54) is 0 Å². The first-order valence-electron chi connectivity index (χ1n) is 4.29. The van der Waals surface area contributed by atoms with E-state index in [1.807, 2.05) is 0 Å². The number of hydrogen-bond donors (Lipinski definition) is 0. The third-order valence-electron chi connectivity index (χ3n) is 1.73. The number of hydrogen-bond acceptors (Lipinski definition) is 2. The summed E-state index contributed by atoms with van der Waals surface area (Å²) in [5.41, 5.74) is -0.619. The van der Waals surface area contributed by atoms with Crippen molar-refractivity contribution in [1.29, 1.82) is 0 Å². The number of ether oxygens (including phenoxy) is 2. The molecule has 0 atom stereocenters. The van der Waals surface area contributed by atoms with Crippen LogP contribution in [0.15, 0.2) is 12.1 Å². The lowest BCUT2D eigenvalue weighted by molar-refractivity contribution is -0.277. The molecule has 2 nitrogen and oxygen atoms in total. The molecule has 0 aliphatic heterocycles. The van der Waals surface area contributed by atoms with Crippen LogP contribution < -0.4 is 9.47 Å². The Balaban J connectivity index is 3.14. The van der Waals surface area contributed by atoms with Crippen LogP contribution in [0.1, 0.15) is 5.56 Å². The van der Waals surface area contributed by atoms with Gasteiger partial charge in [-0.15, -0.1) is 26.3 Å². The largest absolute Gasteiger partial charge is 0.573 e. The molecule has 0 N–H and O–H groups in total.